The number of likely N-dealkylation sites (N-methyl/N-ethyl adjacent to an activating group) is 1. The smallest absolute Gasteiger partial charge is 0.317 e. The van der Waals surface area contributed by atoms with Gasteiger partial charge in [-0.2, -0.15) is 0 Å². The molecule has 2 aliphatic rings. The maximum absolute atomic E-state index is 12.7. The fourth-order valence-corrected chi connectivity index (χ4v) is 3.90. The largest absolute Gasteiger partial charge is 0.381 e. The van der Waals surface area contributed by atoms with Gasteiger partial charge in [-0.15, -0.1) is 0 Å². The summed E-state index contributed by atoms with van der Waals surface area (Å²) in [5.74, 6) is 0.141. The first-order valence-electron chi connectivity index (χ1n) is 9.09. The first-order valence-corrected chi connectivity index (χ1v) is 9.09. The maximum atomic E-state index is 12.7. The first-order chi connectivity index (χ1) is 12.1. The molecule has 1 aromatic carbocycles. The van der Waals surface area contributed by atoms with Crippen molar-refractivity contribution in [1.82, 2.24) is 15.1 Å². The predicted octanol–water partition coefficient (Wildman–Crippen LogP) is 2.00. The molecule has 0 saturated carbocycles. The molecule has 0 unspecified atom stereocenters. The number of nitrogens with one attached hydrogen (secondary N) is 1. The average molecular weight is 345 g/mol. The molecule has 2 aliphatic heterocycles. The molecule has 0 aromatic heterocycles. The average Bonchev–Trinajstić information content (AvgIpc) is 2.77. The number of ether oxygens (including phenoxy) is 1. The Kier molecular flexibility index (Phi) is 5.58. The number of nitrogens with zero attached hydrogens (tertiary/aromatic N) is 2. The zero-order valence-electron chi connectivity index (χ0n) is 14.9. The Morgan fingerprint density at radius 2 is 1.96 bits per heavy atom. The zero-order chi connectivity index (χ0) is 17.7. The fraction of sp³-hybridized carbons (Fsp3) is 0.579. The zero-order valence-corrected chi connectivity index (χ0v) is 14.9. The minimum atomic E-state index is -0.287. The van der Waals surface area contributed by atoms with Crippen LogP contribution in [-0.2, 0) is 16.1 Å². The predicted molar refractivity (Wildman–Crippen MR) is 95.0 cm³/mol. The van der Waals surface area contributed by atoms with E-state index < -0.39 is 0 Å². The molecule has 2 saturated heterocycles. The molecule has 0 radical (unpaired) electrons. The highest BCUT2D eigenvalue weighted by molar-refractivity contribution is 5.80. The molecule has 0 aliphatic carbocycles. The highest BCUT2D eigenvalue weighted by Crippen LogP contribution is 2.31. The molecular weight excluding hydrogens is 318 g/mol. The van der Waals surface area contributed by atoms with Crippen molar-refractivity contribution in [3.05, 3.63) is 35.9 Å². The second kappa shape index (κ2) is 7.87. The molecule has 1 N–H and O–H groups in total. The number of amides is 3. The molecule has 136 valence electrons. The summed E-state index contributed by atoms with van der Waals surface area (Å²) in [5.41, 5.74) is 0.780. The van der Waals surface area contributed by atoms with Crippen molar-refractivity contribution < 1.29 is 14.3 Å². The van der Waals surface area contributed by atoms with E-state index in [1.165, 1.54) is 0 Å². The molecule has 0 bridgehead atoms. The number of urea groups is 1. The van der Waals surface area contributed by atoms with Crippen molar-refractivity contribution in [2.75, 3.05) is 32.8 Å². The lowest BCUT2D eigenvalue weighted by Gasteiger charge is -2.46. The Hall–Kier alpha value is -2.08. The van der Waals surface area contributed by atoms with Gasteiger partial charge in [0.15, 0.2) is 0 Å². The van der Waals surface area contributed by atoms with Gasteiger partial charge in [0.25, 0.3) is 0 Å². The quantitative estimate of drug-likeness (QED) is 0.911. The van der Waals surface area contributed by atoms with Crippen molar-refractivity contribution >= 4 is 11.9 Å². The fourth-order valence-electron chi connectivity index (χ4n) is 3.90. The topological polar surface area (TPSA) is 61.9 Å². The standard InChI is InChI=1S/C19H27N3O3/c1-2-22-17(23)8-11-21(15-19(22)9-12-25-13-10-19)18(24)20-14-16-6-4-3-5-7-16/h3-7H,2,8-15H2,1H3,(H,20,24). The van der Waals surface area contributed by atoms with Crippen molar-refractivity contribution in [1.29, 1.82) is 0 Å². The van der Waals surface area contributed by atoms with Gasteiger partial charge in [-0.3, -0.25) is 4.79 Å². The van der Waals surface area contributed by atoms with Crippen LogP contribution in [0.15, 0.2) is 30.3 Å². The van der Waals surface area contributed by atoms with Crippen LogP contribution < -0.4 is 5.32 Å². The Bertz CT molecular complexity index is 599. The van der Waals surface area contributed by atoms with Gasteiger partial charge in [0.05, 0.1) is 5.54 Å². The molecule has 3 rings (SSSR count). The van der Waals surface area contributed by atoms with Crippen LogP contribution >= 0.6 is 0 Å². The summed E-state index contributed by atoms with van der Waals surface area (Å²) in [6.07, 6.45) is 1.96. The lowest BCUT2D eigenvalue weighted by atomic mass is 9.87. The highest BCUT2D eigenvalue weighted by Gasteiger charge is 2.44. The normalized spacial score (nSPS) is 20.4. The van der Waals surface area contributed by atoms with Gasteiger partial charge < -0.3 is 19.9 Å². The van der Waals surface area contributed by atoms with E-state index in [1.807, 2.05) is 47.1 Å². The number of hydrogen-bond donors (Lipinski definition) is 1. The Morgan fingerprint density at radius 1 is 1.24 bits per heavy atom. The lowest BCUT2D eigenvalue weighted by molar-refractivity contribution is -0.139. The van der Waals surface area contributed by atoms with Crippen molar-refractivity contribution in [3.8, 4) is 0 Å². The minimum absolute atomic E-state index is 0.0968. The molecule has 2 heterocycles. The second-order valence-electron chi connectivity index (χ2n) is 6.79. The van der Waals surface area contributed by atoms with Crippen LogP contribution in [0.3, 0.4) is 0 Å². The molecule has 1 spiro atoms. The SMILES string of the molecule is CCN1C(=O)CCN(C(=O)NCc2ccccc2)CC12CCOCC2. The van der Waals surface area contributed by atoms with Crippen LogP contribution in [0.5, 0.6) is 0 Å². The molecule has 25 heavy (non-hydrogen) atoms. The number of carbonyl (C=O) groups is 2. The van der Waals surface area contributed by atoms with Crippen molar-refractivity contribution in [2.24, 2.45) is 0 Å². The monoisotopic (exact) mass is 345 g/mol. The van der Waals surface area contributed by atoms with Gasteiger partial charge in [0.2, 0.25) is 5.91 Å². The Labute approximate surface area is 149 Å². The van der Waals surface area contributed by atoms with E-state index in [0.717, 1.165) is 18.4 Å². The third kappa shape index (κ3) is 3.95. The second-order valence-corrected chi connectivity index (χ2v) is 6.79. The molecular formula is C19H27N3O3. The van der Waals surface area contributed by atoms with E-state index in [-0.39, 0.29) is 17.5 Å². The summed E-state index contributed by atoms with van der Waals surface area (Å²) in [6.45, 7) is 5.53. The minimum Gasteiger partial charge on any atom is -0.381 e. The van der Waals surface area contributed by atoms with E-state index in [0.29, 0.717) is 45.8 Å². The molecule has 6 heteroatoms. The number of rotatable bonds is 3. The van der Waals surface area contributed by atoms with Gasteiger partial charge in [-0.25, -0.2) is 4.79 Å². The van der Waals surface area contributed by atoms with Gasteiger partial charge in [0, 0.05) is 45.8 Å². The summed E-state index contributed by atoms with van der Waals surface area (Å²) in [7, 11) is 0. The number of carbonyl (C=O) groups excluding carboxylic acids is 2. The summed E-state index contributed by atoms with van der Waals surface area (Å²) in [5, 5.41) is 2.99. The van der Waals surface area contributed by atoms with Gasteiger partial charge in [0.1, 0.15) is 0 Å². The Morgan fingerprint density at radius 3 is 2.64 bits per heavy atom. The van der Waals surface area contributed by atoms with Crippen LogP contribution in [0, 0.1) is 0 Å². The van der Waals surface area contributed by atoms with E-state index in [9.17, 15) is 9.59 Å². The van der Waals surface area contributed by atoms with Crippen LogP contribution in [0.2, 0.25) is 0 Å². The van der Waals surface area contributed by atoms with E-state index >= 15 is 0 Å². The van der Waals surface area contributed by atoms with Crippen molar-refractivity contribution in [2.45, 2.75) is 38.3 Å². The summed E-state index contributed by atoms with van der Waals surface area (Å²) >= 11 is 0. The first kappa shape index (κ1) is 17.7. The van der Waals surface area contributed by atoms with E-state index in [4.69, 9.17) is 4.74 Å². The van der Waals surface area contributed by atoms with Crippen LogP contribution in [0.4, 0.5) is 4.79 Å². The van der Waals surface area contributed by atoms with Gasteiger partial charge >= 0.3 is 6.03 Å². The molecule has 3 amide bonds. The third-order valence-corrected chi connectivity index (χ3v) is 5.27. The molecule has 0 atom stereocenters. The molecule has 6 nitrogen and oxygen atoms in total. The Balaban J connectivity index is 1.70. The lowest BCUT2D eigenvalue weighted by Crippen LogP contribution is -2.59. The number of hydrogen-bond acceptors (Lipinski definition) is 3. The van der Waals surface area contributed by atoms with Gasteiger partial charge in [-0.1, -0.05) is 30.3 Å². The van der Waals surface area contributed by atoms with Crippen LogP contribution in [0.25, 0.3) is 0 Å². The van der Waals surface area contributed by atoms with E-state index in [2.05, 4.69) is 5.32 Å². The van der Waals surface area contributed by atoms with Crippen LogP contribution in [-0.4, -0.2) is 60.1 Å². The third-order valence-electron chi connectivity index (χ3n) is 5.27. The van der Waals surface area contributed by atoms with Crippen molar-refractivity contribution in [3.63, 3.8) is 0 Å². The maximum Gasteiger partial charge on any atom is 0.317 e. The number of benzene rings is 1. The van der Waals surface area contributed by atoms with Gasteiger partial charge in [-0.05, 0) is 25.3 Å². The summed E-state index contributed by atoms with van der Waals surface area (Å²) in [6, 6.07) is 9.76. The summed E-state index contributed by atoms with van der Waals surface area (Å²) in [4.78, 5) is 29.1. The molecule has 2 fully saturated rings. The summed E-state index contributed by atoms with van der Waals surface area (Å²) < 4.78 is 5.51. The van der Waals surface area contributed by atoms with Crippen LogP contribution in [0.1, 0.15) is 31.7 Å². The van der Waals surface area contributed by atoms with E-state index in [1.54, 1.807) is 0 Å². The molecule has 1 aromatic rings. The highest BCUT2D eigenvalue weighted by atomic mass is 16.5.